The summed E-state index contributed by atoms with van der Waals surface area (Å²) < 4.78 is 5.39. The number of carbonyl (C=O) groups excluding carboxylic acids is 1. The van der Waals surface area contributed by atoms with Gasteiger partial charge in [0.2, 0.25) is 0 Å². The molecule has 0 bridgehead atoms. The van der Waals surface area contributed by atoms with Gasteiger partial charge in [-0.05, 0) is 5.92 Å². The summed E-state index contributed by atoms with van der Waals surface area (Å²) in [5.41, 5.74) is 0.936. The molecule has 1 aliphatic rings. The van der Waals surface area contributed by atoms with Crippen LogP contribution < -0.4 is 5.32 Å². The van der Waals surface area contributed by atoms with Crippen molar-refractivity contribution in [2.24, 2.45) is 11.8 Å². The number of nitrogens with one attached hydrogen (secondary N) is 1. The third-order valence-corrected chi connectivity index (χ3v) is 2.00. The number of allylic oxidation sites excluding steroid dienone is 2. The third-order valence-electron chi connectivity index (χ3n) is 2.00. The van der Waals surface area contributed by atoms with Crippen LogP contribution in [0.15, 0.2) is 11.5 Å². The molecular formula is C10H17NO2. The molecule has 74 valence electrons. The molecule has 0 aromatic heterocycles. The number of ether oxygens (including phenoxy) is 1. The third kappa shape index (κ3) is 2.23. The highest BCUT2D eigenvalue weighted by Gasteiger charge is 2.22. The highest BCUT2D eigenvalue weighted by Crippen LogP contribution is 2.22. The van der Waals surface area contributed by atoms with Crippen LogP contribution in [0.3, 0.4) is 0 Å². The molecule has 1 N–H and O–H groups in total. The Balaban J connectivity index is 2.93. The Morgan fingerprint density at radius 3 is 2.31 bits per heavy atom. The van der Waals surface area contributed by atoms with Crippen LogP contribution in [0.2, 0.25) is 0 Å². The van der Waals surface area contributed by atoms with Gasteiger partial charge in [0.1, 0.15) is 5.76 Å². The molecule has 0 aromatic rings. The van der Waals surface area contributed by atoms with Gasteiger partial charge in [-0.2, -0.15) is 0 Å². The highest BCUT2D eigenvalue weighted by atomic mass is 16.5. The van der Waals surface area contributed by atoms with Gasteiger partial charge in [0, 0.05) is 5.92 Å². The van der Waals surface area contributed by atoms with Crippen molar-refractivity contribution < 1.29 is 9.53 Å². The second-order valence-corrected chi connectivity index (χ2v) is 3.92. The summed E-state index contributed by atoms with van der Waals surface area (Å²) in [4.78, 5) is 11.1. The Hall–Kier alpha value is -0.990. The standard InChI is InChI=1S/C10H17NO2/c1-6(2)9-10(7(3)4)13-5-8(12)11-9/h6-7H,5H2,1-4H3,(H,11,12). The molecular weight excluding hydrogens is 166 g/mol. The first-order chi connectivity index (χ1) is 6.02. The Morgan fingerprint density at radius 1 is 1.23 bits per heavy atom. The largest absolute Gasteiger partial charge is 0.486 e. The molecule has 0 fully saturated rings. The molecule has 1 aliphatic heterocycles. The maximum absolute atomic E-state index is 11.1. The average Bonchev–Trinajstić information content (AvgIpc) is 2.03. The van der Waals surface area contributed by atoms with E-state index in [2.05, 4.69) is 19.2 Å². The van der Waals surface area contributed by atoms with Crippen LogP contribution in [-0.2, 0) is 9.53 Å². The van der Waals surface area contributed by atoms with Gasteiger partial charge in [0.25, 0.3) is 5.91 Å². The molecule has 0 atom stereocenters. The molecule has 0 aromatic carbocycles. The summed E-state index contributed by atoms with van der Waals surface area (Å²) >= 11 is 0. The Kier molecular flexibility index (Phi) is 2.96. The van der Waals surface area contributed by atoms with Crippen LogP contribution in [0.25, 0.3) is 0 Å². The molecule has 1 amide bonds. The van der Waals surface area contributed by atoms with Crippen molar-refractivity contribution in [3.05, 3.63) is 11.5 Å². The van der Waals surface area contributed by atoms with E-state index in [9.17, 15) is 4.79 Å². The zero-order valence-electron chi connectivity index (χ0n) is 8.68. The van der Waals surface area contributed by atoms with Crippen molar-refractivity contribution >= 4 is 5.91 Å². The van der Waals surface area contributed by atoms with Gasteiger partial charge in [-0.25, -0.2) is 0 Å². The summed E-state index contributed by atoms with van der Waals surface area (Å²) in [6.07, 6.45) is 0. The van der Waals surface area contributed by atoms with Gasteiger partial charge < -0.3 is 10.1 Å². The summed E-state index contributed by atoms with van der Waals surface area (Å²) in [5.74, 6) is 1.52. The van der Waals surface area contributed by atoms with Gasteiger partial charge in [0.15, 0.2) is 6.61 Å². The van der Waals surface area contributed by atoms with Crippen molar-refractivity contribution in [3.8, 4) is 0 Å². The minimum atomic E-state index is -0.0481. The topological polar surface area (TPSA) is 38.3 Å². The number of amides is 1. The smallest absolute Gasteiger partial charge is 0.262 e. The van der Waals surface area contributed by atoms with E-state index in [-0.39, 0.29) is 12.5 Å². The zero-order valence-corrected chi connectivity index (χ0v) is 8.68. The first kappa shape index (κ1) is 10.1. The predicted octanol–water partition coefficient (Wildman–Crippen LogP) is 1.66. The predicted molar refractivity (Wildman–Crippen MR) is 50.8 cm³/mol. The van der Waals surface area contributed by atoms with Crippen LogP contribution in [0.5, 0.6) is 0 Å². The quantitative estimate of drug-likeness (QED) is 0.707. The van der Waals surface area contributed by atoms with Crippen LogP contribution in [0.4, 0.5) is 0 Å². The van der Waals surface area contributed by atoms with Gasteiger partial charge in [0.05, 0.1) is 5.70 Å². The highest BCUT2D eigenvalue weighted by molar-refractivity contribution is 5.80. The molecule has 0 unspecified atom stereocenters. The maximum atomic E-state index is 11.1. The maximum Gasteiger partial charge on any atom is 0.262 e. The molecule has 3 heteroatoms. The van der Waals surface area contributed by atoms with Crippen molar-refractivity contribution in [1.29, 1.82) is 0 Å². The summed E-state index contributed by atoms with van der Waals surface area (Å²) in [7, 11) is 0. The number of rotatable bonds is 2. The fourth-order valence-corrected chi connectivity index (χ4v) is 1.38. The van der Waals surface area contributed by atoms with Crippen LogP contribution in [-0.4, -0.2) is 12.5 Å². The molecule has 1 heterocycles. The Morgan fingerprint density at radius 2 is 1.85 bits per heavy atom. The van der Waals surface area contributed by atoms with Crippen LogP contribution >= 0.6 is 0 Å². The summed E-state index contributed by atoms with van der Waals surface area (Å²) in [6, 6.07) is 0. The first-order valence-corrected chi connectivity index (χ1v) is 4.69. The van der Waals surface area contributed by atoms with Crippen molar-refractivity contribution in [2.75, 3.05) is 6.61 Å². The molecule has 0 spiro atoms. The van der Waals surface area contributed by atoms with Crippen molar-refractivity contribution in [3.63, 3.8) is 0 Å². The lowest BCUT2D eigenvalue weighted by Crippen LogP contribution is -2.36. The van der Waals surface area contributed by atoms with E-state index in [4.69, 9.17) is 4.74 Å². The van der Waals surface area contributed by atoms with Gasteiger partial charge in [-0.15, -0.1) is 0 Å². The lowest BCUT2D eigenvalue weighted by Gasteiger charge is -2.26. The number of hydrogen-bond donors (Lipinski definition) is 1. The fourth-order valence-electron chi connectivity index (χ4n) is 1.38. The van der Waals surface area contributed by atoms with E-state index in [1.165, 1.54) is 0 Å². The minimum absolute atomic E-state index is 0.0481. The lowest BCUT2D eigenvalue weighted by molar-refractivity contribution is -0.125. The molecule has 0 saturated heterocycles. The van der Waals surface area contributed by atoms with E-state index in [0.29, 0.717) is 11.8 Å². The normalized spacial score (nSPS) is 17.8. The van der Waals surface area contributed by atoms with Crippen LogP contribution in [0.1, 0.15) is 27.7 Å². The molecule has 0 saturated carbocycles. The molecule has 3 nitrogen and oxygen atoms in total. The van der Waals surface area contributed by atoms with E-state index in [1.54, 1.807) is 0 Å². The molecule has 1 rings (SSSR count). The second-order valence-electron chi connectivity index (χ2n) is 3.92. The van der Waals surface area contributed by atoms with E-state index in [0.717, 1.165) is 11.5 Å². The summed E-state index contributed by atoms with van der Waals surface area (Å²) in [6.45, 7) is 8.38. The fraction of sp³-hybridized carbons (Fsp3) is 0.700. The molecule has 13 heavy (non-hydrogen) atoms. The van der Waals surface area contributed by atoms with Crippen LogP contribution in [0, 0.1) is 11.8 Å². The van der Waals surface area contributed by atoms with E-state index in [1.807, 2.05) is 13.8 Å². The van der Waals surface area contributed by atoms with E-state index < -0.39 is 0 Å². The Labute approximate surface area is 79.2 Å². The lowest BCUT2D eigenvalue weighted by atomic mass is 10.0. The van der Waals surface area contributed by atoms with Gasteiger partial charge >= 0.3 is 0 Å². The minimum Gasteiger partial charge on any atom is -0.486 e. The second kappa shape index (κ2) is 3.81. The van der Waals surface area contributed by atoms with Gasteiger partial charge in [-0.1, -0.05) is 27.7 Å². The van der Waals surface area contributed by atoms with Crippen molar-refractivity contribution in [2.45, 2.75) is 27.7 Å². The molecule has 0 radical (unpaired) electrons. The van der Waals surface area contributed by atoms with E-state index >= 15 is 0 Å². The number of carbonyl (C=O) groups is 1. The number of hydrogen-bond acceptors (Lipinski definition) is 2. The summed E-state index contributed by atoms with van der Waals surface area (Å²) in [5, 5.41) is 2.86. The average molecular weight is 183 g/mol. The zero-order chi connectivity index (χ0) is 10.0. The monoisotopic (exact) mass is 183 g/mol. The van der Waals surface area contributed by atoms with Crippen molar-refractivity contribution in [1.82, 2.24) is 5.32 Å². The SMILES string of the molecule is CC(C)C1=C(C(C)C)OCC(=O)N1. The Bertz CT molecular complexity index is 241. The molecule has 0 aliphatic carbocycles. The first-order valence-electron chi connectivity index (χ1n) is 4.69. The van der Waals surface area contributed by atoms with Gasteiger partial charge in [-0.3, -0.25) is 4.79 Å².